The maximum absolute atomic E-state index is 12.6. The van der Waals surface area contributed by atoms with Crippen LogP contribution in [0, 0.1) is 6.92 Å². The fourth-order valence-electron chi connectivity index (χ4n) is 2.54. The lowest BCUT2D eigenvalue weighted by atomic mass is 9.84. The lowest BCUT2D eigenvalue weighted by molar-refractivity contribution is -0.137. The Hall–Kier alpha value is -1.81. The first kappa shape index (κ1) is 15.6. The number of hydrogen-bond acceptors (Lipinski definition) is 1. The summed E-state index contributed by atoms with van der Waals surface area (Å²) in [5, 5.41) is 0. The van der Waals surface area contributed by atoms with Crippen molar-refractivity contribution in [3.05, 3.63) is 70.8 Å². The van der Waals surface area contributed by atoms with Crippen molar-refractivity contribution >= 4 is 0 Å². The monoisotopic (exact) mass is 293 g/mol. The molecule has 2 rings (SSSR count). The van der Waals surface area contributed by atoms with E-state index >= 15 is 0 Å². The van der Waals surface area contributed by atoms with Crippen LogP contribution in [0.15, 0.2) is 48.5 Å². The Morgan fingerprint density at radius 2 is 1.52 bits per heavy atom. The van der Waals surface area contributed by atoms with Crippen LogP contribution in [0.25, 0.3) is 0 Å². The fourth-order valence-corrected chi connectivity index (χ4v) is 2.54. The van der Waals surface area contributed by atoms with Crippen LogP contribution in [0.2, 0.25) is 0 Å². The molecule has 2 aromatic rings. The summed E-state index contributed by atoms with van der Waals surface area (Å²) in [7, 11) is 0. The number of nitrogens with two attached hydrogens (primary N) is 1. The highest BCUT2D eigenvalue weighted by atomic mass is 19.4. The van der Waals surface area contributed by atoms with Crippen LogP contribution < -0.4 is 5.73 Å². The van der Waals surface area contributed by atoms with Crippen molar-refractivity contribution in [3.8, 4) is 0 Å². The predicted octanol–water partition coefficient (Wildman–Crippen LogP) is 4.43. The number of hydrogen-bond donors (Lipinski definition) is 1. The molecule has 0 heterocycles. The Kier molecular flexibility index (Phi) is 4.10. The lowest BCUT2D eigenvalue weighted by Gasteiger charge is -2.27. The molecule has 112 valence electrons. The Bertz CT molecular complexity index is 613. The van der Waals surface area contributed by atoms with Crippen molar-refractivity contribution in [1.29, 1.82) is 0 Å². The van der Waals surface area contributed by atoms with Gasteiger partial charge in [0, 0.05) is 5.54 Å². The van der Waals surface area contributed by atoms with Crippen LogP contribution in [-0.4, -0.2) is 0 Å². The van der Waals surface area contributed by atoms with Crippen molar-refractivity contribution in [3.63, 3.8) is 0 Å². The fraction of sp³-hybridized carbons (Fsp3) is 0.294. The molecule has 0 aromatic heterocycles. The zero-order valence-electron chi connectivity index (χ0n) is 12.0. The maximum Gasteiger partial charge on any atom is 0.416 e. The third kappa shape index (κ3) is 3.64. The van der Waals surface area contributed by atoms with Gasteiger partial charge in [-0.2, -0.15) is 13.2 Å². The standard InChI is InChI=1S/C17H18F3N/c1-12-5-3-4-6-15(12)16(2,21)11-13-7-9-14(10-8-13)17(18,19)20/h3-10H,11,21H2,1-2H3. The van der Waals surface area contributed by atoms with Crippen LogP contribution in [0.1, 0.15) is 29.2 Å². The van der Waals surface area contributed by atoms with Gasteiger partial charge in [-0.1, -0.05) is 36.4 Å². The van der Waals surface area contributed by atoms with Crippen LogP contribution in [0.3, 0.4) is 0 Å². The van der Waals surface area contributed by atoms with Gasteiger partial charge < -0.3 is 5.73 Å². The van der Waals surface area contributed by atoms with E-state index in [1.165, 1.54) is 12.1 Å². The molecule has 0 aliphatic carbocycles. The van der Waals surface area contributed by atoms with Crippen LogP contribution in [0.5, 0.6) is 0 Å². The summed E-state index contributed by atoms with van der Waals surface area (Å²) in [4.78, 5) is 0. The molecule has 4 heteroatoms. The van der Waals surface area contributed by atoms with Crippen LogP contribution >= 0.6 is 0 Å². The summed E-state index contributed by atoms with van der Waals surface area (Å²) < 4.78 is 37.7. The zero-order chi connectivity index (χ0) is 15.7. The molecular weight excluding hydrogens is 275 g/mol. The molecule has 1 atom stereocenters. The molecule has 0 aliphatic rings. The van der Waals surface area contributed by atoms with Crippen molar-refractivity contribution in [2.45, 2.75) is 32.0 Å². The first-order chi connectivity index (χ1) is 9.70. The minimum absolute atomic E-state index is 0.482. The zero-order valence-corrected chi connectivity index (χ0v) is 12.0. The smallest absolute Gasteiger partial charge is 0.321 e. The Morgan fingerprint density at radius 3 is 2.05 bits per heavy atom. The summed E-state index contributed by atoms with van der Waals surface area (Å²) >= 11 is 0. The van der Waals surface area contributed by atoms with Crippen LogP contribution in [0.4, 0.5) is 13.2 Å². The van der Waals surface area contributed by atoms with Crippen molar-refractivity contribution < 1.29 is 13.2 Å². The molecule has 0 radical (unpaired) electrons. The van der Waals surface area contributed by atoms with E-state index in [1.807, 2.05) is 38.1 Å². The molecule has 1 unspecified atom stereocenters. The third-order valence-corrected chi connectivity index (χ3v) is 3.61. The Morgan fingerprint density at radius 1 is 0.952 bits per heavy atom. The molecule has 2 N–H and O–H groups in total. The molecular formula is C17H18F3N. The van der Waals surface area contributed by atoms with Gasteiger partial charge in [0.25, 0.3) is 0 Å². The minimum Gasteiger partial charge on any atom is -0.321 e. The van der Waals surface area contributed by atoms with E-state index in [9.17, 15) is 13.2 Å². The number of halogens is 3. The summed E-state index contributed by atoms with van der Waals surface area (Å²) in [6.07, 6.45) is -3.82. The van der Waals surface area contributed by atoms with E-state index in [1.54, 1.807) is 0 Å². The second-order valence-electron chi connectivity index (χ2n) is 5.60. The number of rotatable bonds is 3. The highest BCUT2D eigenvalue weighted by Gasteiger charge is 2.30. The van der Waals surface area contributed by atoms with E-state index in [4.69, 9.17) is 5.73 Å². The quantitative estimate of drug-likeness (QED) is 0.890. The maximum atomic E-state index is 12.6. The molecule has 0 saturated carbocycles. The SMILES string of the molecule is Cc1ccccc1C(C)(N)Cc1ccc(C(F)(F)F)cc1. The lowest BCUT2D eigenvalue weighted by Crippen LogP contribution is -2.36. The van der Waals surface area contributed by atoms with Gasteiger partial charge in [-0.15, -0.1) is 0 Å². The molecule has 0 bridgehead atoms. The third-order valence-electron chi connectivity index (χ3n) is 3.61. The molecule has 21 heavy (non-hydrogen) atoms. The molecule has 0 fully saturated rings. The van der Waals surface area contributed by atoms with Crippen molar-refractivity contribution in [1.82, 2.24) is 0 Å². The van der Waals surface area contributed by atoms with Gasteiger partial charge in [0.15, 0.2) is 0 Å². The van der Waals surface area contributed by atoms with Gasteiger partial charge in [-0.3, -0.25) is 0 Å². The predicted molar refractivity (Wildman–Crippen MR) is 77.9 cm³/mol. The van der Waals surface area contributed by atoms with E-state index in [0.29, 0.717) is 6.42 Å². The van der Waals surface area contributed by atoms with Gasteiger partial charge >= 0.3 is 6.18 Å². The molecule has 0 amide bonds. The van der Waals surface area contributed by atoms with Gasteiger partial charge in [0.2, 0.25) is 0 Å². The Labute approximate surface area is 122 Å². The Balaban J connectivity index is 2.23. The second kappa shape index (κ2) is 5.53. The number of benzene rings is 2. The van der Waals surface area contributed by atoms with Crippen LogP contribution in [-0.2, 0) is 18.1 Å². The average Bonchev–Trinajstić information content (AvgIpc) is 2.38. The van der Waals surface area contributed by atoms with E-state index in [2.05, 4.69) is 0 Å². The van der Waals surface area contributed by atoms with Crippen molar-refractivity contribution in [2.24, 2.45) is 5.73 Å². The van der Waals surface area contributed by atoms with E-state index in [-0.39, 0.29) is 0 Å². The second-order valence-corrected chi connectivity index (χ2v) is 5.60. The number of alkyl halides is 3. The van der Waals surface area contributed by atoms with Crippen molar-refractivity contribution in [2.75, 3.05) is 0 Å². The van der Waals surface area contributed by atoms with E-state index < -0.39 is 17.3 Å². The molecule has 1 nitrogen and oxygen atoms in total. The normalized spacial score (nSPS) is 14.8. The minimum atomic E-state index is -4.30. The first-order valence-corrected chi connectivity index (χ1v) is 6.71. The van der Waals surface area contributed by atoms with Gasteiger partial charge in [0.1, 0.15) is 0 Å². The average molecular weight is 293 g/mol. The number of aryl methyl sites for hydroxylation is 1. The molecule has 0 saturated heterocycles. The molecule has 0 aliphatic heterocycles. The summed E-state index contributed by atoms with van der Waals surface area (Å²) in [5.74, 6) is 0. The highest BCUT2D eigenvalue weighted by molar-refractivity contribution is 5.34. The summed E-state index contributed by atoms with van der Waals surface area (Å²) in [5.41, 5.74) is 7.99. The highest BCUT2D eigenvalue weighted by Crippen LogP contribution is 2.30. The molecule has 2 aromatic carbocycles. The van der Waals surface area contributed by atoms with E-state index in [0.717, 1.165) is 28.8 Å². The first-order valence-electron chi connectivity index (χ1n) is 6.71. The summed E-state index contributed by atoms with van der Waals surface area (Å²) in [6.45, 7) is 3.88. The van der Waals surface area contributed by atoms with Gasteiger partial charge in [0.05, 0.1) is 5.56 Å². The largest absolute Gasteiger partial charge is 0.416 e. The molecule has 0 spiro atoms. The topological polar surface area (TPSA) is 26.0 Å². The van der Waals surface area contributed by atoms with Gasteiger partial charge in [-0.25, -0.2) is 0 Å². The summed E-state index contributed by atoms with van der Waals surface area (Å²) in [6, 6.07) is 13.0. The van der Waals surface area contributed by atoms with Gasteiger partial charge in [-0.05, 0) is 49.1 Å².